The van der Waals surface area contributed by atoms with E-state index in [0.717, 1.165) is 24.9 Å². The molecular weight excluding hydrogens is 316 g/mol. The molecule has 0 radical (unpaired) electrons. The van der Waals surface area contributed by atoms with E-state index in [-0.39, 0.29) is 17.3 Å². The molecule has 1 aliphatic carbocycles. The highest BCUT2D eigenvalue weighted by atomic mass is 32.2. The molecule has 3 rings (SSSR count). The van der Waals surface area contributed by atoms with E-state index in [1.165, 1.54) is 12.1 Å². The number of rotatable bonds is 5. The largest absolute Gasteiger partial charge is 0.389 e. The summed E-state index contributed by atoms with van der Waals surface area (Å²) in [5, 5.41) is 10.2. The first-order valence-corrected chi connectivity index (χ1v) is 9.51. The topological polar surface area (TPSA) is 86.7 Å². The van der Waals surface area contributed by atoms with Gasteiger partial charge in [-0.05, 0) is 43.5 Å². The van der Waals surface area contributed by atoms with Gasteiger partial charge in [-0.2, -0.15) is 0 Å². The van der Waals surface area contributed by atoms with Crippen molar-refractivity contribution in [3.8, 4) is 0 Å². The summed E-state index contributed by atoms with van der Waals surface area (Å²) < 4.78 is 27.1. The number of sulfonamides is 1. The summed E-state index contributed by atoms with van der Waals surface area (Å²) in [6.07, 6.45) is 4.49. The Balaban J connectivity index is 1.69. The molecule has 0 atom stereocenters. The molecule has 1 amide bonds. The fraction of sp³-hybridized carbons (Fsp3) is 0.562. The first-order valence-electron chi connectivity index (χ1n) is 8.02. The van der Waals surface area contributed by atoms with Crippen LogP contribution in [0.1, 0.15) is 38.5 Å². The van der Waals surface area contributed by atoms with E-state index in [4.69, 9.17) is 0 Å². The van der Waals surface area contributed by atoms with Gasteiger partial charge in [0.25, 0.3) is 0 Å². The van der Waals surface area contributed by atoms with Crippen LogP contribution in [0.25, 0.3) is 0 Å². The number of aliphatic hydroxyl groups is 1. The van der Waals surface area contributed by atoms with Gasteiger partial charge in [0, 0.05) is 25.2 Å². The average molecular weight is 338 g/mol. The molecule has 0 spiro atoms. The van der Waals surface area contributed by atoms with Gasteiger partial charge in [0.2, 0.25) is 15.9 Å². The number of carbonyl (C=O) groups is 1. The van der Waals surface area contributed by atoms with Crippen LogP contribution in [0, 0.1) is 0 Å². The van der Waals surface area contributed by atoms with E-state index in [2.05, 4.69) is 4.72 Å². The second-order valence-electron chi connectivity index (χ2n) is 6.40. The van der Waals surface area contributed by atoms with Crippen molar-refractivity contribution >= 4 is 21.6 Å². The summed E-state index contributed by atoms with van der Waals surface area (Å²) in [6, 6.07) is 6.31. The van der Waals surface area contributed by atoms with Crippen molar-refractivity contribution in [2.45, 2.75) is 49.0 Å². The quantitative estimate of drug-likeness (QED) is 0.849. The van der Waals surface area contributed by atoms with Crippen LogP contribution >= 0.6 is 0 Å². The molecule has 1 saturated heterocycles. The number of nitrogens with zero attached hydrogens (tertiary/aromatic N) is 1. The van der Waals surface area contributed by atoms with Gasteiger partial charge in [0.15, 0.2) is 0 Å². The zero-order valence-corrected chi connectivity index (χ0v) is 13.8. The summed E-state index contributed by atoms with van der Waals surface area (Å²) >= 11 is 0. The van der Waals surface area contributed by atoms with Crippen molar-refractivity contribution in [3.05, 3.63) is 24.3 Å². The Labute approximate surface area is 136 Å². The summed E-state index contributed by atoms with van der Waals surface area (Å²) in [6.45, 7) is 0.720. The van der Waals surface area contributed by atoms with Crippen LogP contribution in [0.2, 0.25) is 0 Å². The molecule has 0 unspecified atom stereocenters. The van der Waals surface area contributed by atoms with Gasteiger partial charge in [-0.3, -0.25) is 4.79 Å². The lowest BCUT2D eigenvalue weighted by atomic mass is 10.0. The molecular formula is C16H22N2O4S. The molecule has 6 nitrogen and oxygen atoms in total. The van der Waals surface area contributed by atoms with E-state index in [1.54, 1.807) is 17.0 Å². The van der Waals surface area contributed by atoms with E-state index in [1.807, 2.05) is 0 Å². The Kier molecular flexibility index (Phi) is 4.44. The lowest BCUT2D eigenvalue weighted by Crippen LogP contribution is -2.40. The molecule has 126 valence electrons. The number of carbonyl (C=O) groups excluding carboxylic acids is 1. The van der Waals surface area contributed by atoms with E-state index < -0.39 is 15.6 Å². The second-order valence-corrected chi connectivity index (χ2v) is 8.17. The number of nitrogens with one attached hydrogen (secondary N) is 1. The van der Waals surface area contributed by atoms with Crippen LogP contribution in [0.15, 0.2) is 29.2 Å². The minimum absolute atomic E-state index is 0.0433. The van der Waals surface area contributed by atoms with Crippen LogP contribution in [-0.4, -0.2) is 38.1 Å². The maximum Gasteiger partial charge on any atom is 0.240 e. The van der Waals surface area contributed by atoms with Gasteiger partial charge in [0.1, 0.15) is 0 Å². The molecule has 1 heterocycles. The van der Waals surface area contributed by atoms with Crippen molar-refractivity contribution in [2.24, 2.45) is 0 Å². The fourth-order valence-corrected chi connectivity index (χ4v) is 4.37. The van der Waals surface area contributed by atoms with Crippen molar-refractivity contribution in [2.75, 3.05) is 18.0 Å². The van der Waals surface area contributed by atoms with Crippen molar-refractivity contribution in [1.29, 1.82) is 0 Å². The Morgan fingerprint density at radius 3 is 2.35 bits per heavy atom. The SMILES string of the molecule is O=C1CCCN1c1ccc(S(=O)(=O)NCC2(O)CCCC2)cc1. The van der Waals surface area contributed by atoms with Crippen molar-refractivity contribution < 1.29 is 18.3 Å². The van der Waals surface area contributed by atoms with E-state index >= 15 is 0 Å². The minimum Gasteiger partial charge on any atom is -0.389 e. The van der Waals surface area contributed by atoms with E-state index in [0.29, 0.717) is 25.8 Å². The molecule has 2 fully saturated rings. The van der Waals surface area contributed by atoms with Gasteiger partial charge >= 0.3 is 0 Å². The molecule has 0 aromatic heterocycles. The van der Waals surface area contributed by atoms with Crippen LogP contribution in [0.4, 0.5) is 5.69 Å². The third-order valence-corrected chi connectivity index (χ3v) is 6.07. The normalized spacial score (nSPS) is 21.1. The Morgan fingerprint density at radius 1 is 1.13 bits per heavy atom. The highest BCUT2D eigenvalue weighted by Gasteiger charge is 2.32. The predicted molar refractivity (Wildman–Crippen MR) is 86.6 cm³/mol. The van der Waals surface area contributed by atoms with E-state index in [9.17, 15) is 18.3 Å². The first-order chi connectivity index (χ1) is 10.9. The van der Waals surface area contributed by atoms with Gasteiger partial charge < -0.3 is 10.0 Å². The standard InChI is InChI=1S/C16H22N2O4S/c19-15-4-3-11-18(15)13-5-7-14(8-6-13)23(21,22)17-12-16(20)9-1-2-10-16/h5-8,17,20H,1-4,9-12H2. The predicted octanol–water partition coefficient (Wildman–Crippen LogP) is 1.40. The average Bonchev–Trinajstić information content (AvgIpc) is 3.15. The molecule has 23 heavy (non-hydrogen) atoms. The fourth-order valence-electron chi connectivity index (χ4n) is 3.25. The number of hydrogen-bond acceptors (Lipinski definition) is 4. The molecule has 1 aliphatic heterocycles. The van der Waals surface area contributed by atoms with Gasteiger partial charge in [-0.15, -0.1) is 0 Å². The Hall–Kier alpha value is -1.44. The second kappa shape index (κ2) is 6.22. The van der Waals surface area contributed by atoms with Crippen LogP contribution in [0.3, 0.4) is 0 Å². The van der Waals surface area contributed by atoms with Crippen molar-refractivity contribution in [1.82, 2.24) is 4.72 Å². The molecule has 0 bridgehead atoms. The summed E-state index contributed by atoms with van der Waals surface area (Å²) in [5.74, 6) is 0.0715. The molecule has 1 aromatic rings. The van der Waals surface area contributed by atoms with Gasteiger partial charge in [-0.25, -0.2) is 13.1 Å². The zero-order valence-electron chi connectivity index (χ0n) is 13.0. The number of amides is 1. The number of anilines is 1. The monoisotopic (exact) mass is 338 g/mol. The first kappa shape index (κ1) is 16.4. The lowest BCUT2D eigenvalue weighted by molar-refractivity contribution is -0.117. The van der Waals surface area contributed by atoms with Crippen LogP contribution in [-0.2, 0) is 14.8 Å². The van der Waals surface area contributed by atoms with Crippen molar-refractivity contribution in [3.63, 3.8) is 0 Å². The summed E-state index contributed by atoms with van der Waals surface area (Å²) in [4.78, 5) is 13.5. The summed E-state index contributed by atoms with van der Waals surface area (Å²) in [7, 11) is -3.65. The Morgan fingerprint density at radius 2 is 1.78 bits per heavy atom. The third-order valence-electron chi connectivity index (χ3n) is 4.66. The van der Waals surface area contributed by atoms with Crippen LogP contribution < -0.4 is 9.62 Å². The maximum absolute atomic E-state index is 12.3. The van der Waals surface area contributed by atoms with Gasteiger partial charge in [0.05, 0.1) is 10.5 Å². The number of benzene rings is 1. The Bertz CT molecular complexity index is 679. The molecule has 7 heteroatoms. The highest BCUT2D eigenvalue weighted by molar-refractivity contribution is 7.89. The lowest BCUT2D eigenvalue weighted by Gasteiger charge is -2.22. The molecule has 2 N–H and O–H groups in total. The molecule has 1 saturated carbocycles. The highest BCUT2D eigenvalue weighted by Crippen LogP contribution is 2.29. The smallest absolute Gasteiger partial charge is 0.240 e. The van der Waals surface area contributed by atoms with Crippen LogP contribution in [0.5, 0.6) is 0 Å². The molecule has 2 aliphatic rings. The van der Waals surface area contributed by atoms with Gasteiger partial charge in [-0.1, -0.05) is 12.8 Å². The maximum atomic E-state index is 12.3. The number of hydrogen-bond donors (Lipinski definition) is 2. The minimum atomic E-state index is -3.65. The summed E-state index contributed by atoms with van der Waals surface area (Å²) in [5.41, 5.74) is -0.199. The zero-order chi connectivity index (χ0) is 16.5. The third kappa shape index (κ3) is 3.57. The molecule has 1 aromatic carbocycles.